The second kappa shape index (κ2) is 11.2. The predicted octanol–water partition coefficient (Wildman–Crippen LogP) is 3.64. The number of nitrogens with one attached hydrogen (secondary N) is 2. The Morgan fingerprint density at radius 1 is 1.25 bits per heavy atom. The zero-order chi connectivity index (χ0) is 20.1. The summed E-state index contributed by atoms with van der Waals surface area (Å²) in [7, 11) is 1.73. The molecule has 0 aromatic rings. The van der Waals surface area contributed by atoms with E-state index >= 15 is 0 Å². The molecule has 1 heterocycles. The third kappa shape index (κ3) is 6.35. The number of guanidine groups is 1. The normalized spacial score (nSPS) is 27.8. The van der Waals surface area contributed by atoms with Crippen LogP contribution >= 0.6 is 24.0 Å². The van der Waals surface area contributed by atoms with Crippen molar-refractivity contribution in [3.63, 3.8) is 0 Å². The van der Waals surface area contributed by atoms with Gasteiger partial charge in [-0.25, -0.2) is 0 Å². The summed E-state index contributed by atoms with van der Waals surface area (Å²) in [5.74, 6) is 0.945. The lowest BCUT2D eigenvalue weighted by Gasteiger charge is -2.55. The Kier molecular flexibility index (Phi) is 10.3. The minimum absolute atomic E-state index is 0. The monoisotopic (exact) mass is 520 g/mol. The highest BCUT2D eigenvalue weighted by molar-refractivity contribution is 14.0. The van der Waals surface area contributed by atoms with E-state index in [4.69, 9.17) is 4.74 Å². The van der Waals surface area contributed by atoms with E-state index in [-0.39, 0.29) is 41.4 Å². The largest absolute Gasteiger partial charge is 0.401 e. The van der Waals surface area contributed by atoms with Gasteiger partial charge in [0.2, 0.25) is 0 Å². The number of ether oxygens (including phenoxy) is 1. The standard InChI is InChI=1S/C19H35F3N4O.HI/c1-5-18(6-2)15(10-16(18)27-7-3)25-17(23-4)24-11-14-8-9-26(12-14)13-19(20,21)22;/h14-16H,5-13H2,1-4H3,(H2,23,24,25);1H. The molecule has 0 aromatic carbocycles. The first-order valence-corrected chi connectivity index (χ1v) is 10.2. The van der Waals surface area contributed by atoms with Gasteiger partial charge in [-0.05, 0) is 45.1 Å². The molecule has 2 fully saturated rings. The van der Waals surface area contributed by atoms with E-state index < -0.39 is 12.7 Å². The molecule has 2 rings (SSSR count). The molecule has 2 aliphatic rings. The van der Waals surface area contributed by atoms with Crippen LogP contribution in [-0.4, -0.2) is 69.0 Å². The molecule has 0 aromatic heterocycles. The molecule has 166 valence electrons. The minimum atomic E-state index is -4.12. The summed E-state index contributed by atoms with van der Waals surface area (Å²) in [6.07, 6.45) is -0.0255. The van der Waals surface area contributed by atoms with Gasteiger partial charge in [0.25, 0.3) is 0 Å². The third-order valence-electron chi connectivity index (χ3n) is 6.33. The number of likely N-dealkylation sites (tertiary alicyclic amines) is 1. The van der Waals surface area contributed by atoms with Crippen molar-refractivity contribution in [2.45, 2.75) is 64.8 Å². The van der Waals surface area contributed by atoms with Crippen LogP contribution < -0.4 is 10.6 Å². The van der Waals surface area contributed by atoms with E-state index in [1.54, 1.807) is 7.05 Å². The predicted molar refractivity (Wildman–Crippen MR) is 117 cm³/mol. The van der Waals surface area contributed by atoms with Crippen LogP contribution in [0.5, 0.6) is 0 Å². The first-order chi connectivity index (χ1) is 12.8. The lowest BCUT2D eigenvalue weighted by Crippen LogP contribution is -2.65. The lowest BCUT2D eigenvalue weighted by molar-refractivity contribution is -0.143. The average Bonchev–Trinajstić information content (AvgIpc) is 3.03. The van der Waals surface area contributed by atoms with Crippen molar-refractivity contribution in [1.82, 2.24) is 15.5 Å². The number of rotatable bonds is 8. The van der Waals surface area contributed by atoms with E-state index in [1.807, 2.05) is 6.92 Å². The highest BCUT2D eigenvalue weighted by Gasteiger charge is 2.53. The number of aliphatic imine (C=N–C) groups is 1. The van der Waals surface area contributed by atoms with Crippen LogP contribution in [0.25, 0.3) is 0 Å². The van der Waals surface area contributed by atoms with Crippen molar-refractivity contribution in [2.75, 3.05) is 39.8 Å². The van der Waals surface area contributed by atoms with Gasteiger partial charge >= 0.3 is 6.18 Å². The Hall–Kier alpha value is -0.290. The van der Waals surface area contributed by atoms with Gasteiger partial charge in [0.05, 0.1) is 12.6 Å². The third-order valence-corrected chi connectivity index (χ3v) is 6.33. The molecule has 3 unspecified atom stereocenters. The van der Waals surface area contributed by atoms with Crippen molar-refractivity contribution < 1.29 is 17.9 Å². The maximum Gasteiger partial charge on any atom is 0.401 e. The number of hydrogen-bond acceptors (Lipinski definition) is 3. The molecule has 1 saturated heterocycles. The van der Waals surface area contributed by atoms with E-state index in [0.29, 0.717) is 25.7 Å². The summed E-state index contributed by atoms with van der Waals surface area (Å²) in [6.45, 7) is 7.97. The Bertz CT molecular complexity index is 500. The van der Waals surface area contributed by atoms with Crippen LogP contribution in [0.3, 0.4) is 0 Å². The fourth-order valence-corrected chi connectivity index (χ4v) is 4.66. The van der Waals surface area contributed by atoms with Crippen molar-refractivity contribution in [3.05, 3.63) is 0 Å². The first-order valence-electron chi connectivity index (χ1n) is 10.2. The summed E-state index contributed by atoms with van der Waals surface area (Å²) >= 11 is 0. The average molecular weight is 520 g/mol. The van der Waals surface area contributed by atoms with Gasteiger partial charge in [-0.2, -0.15) is 13.2 Å². The number of alkyl halides is 3. The highest BCUT2D eigenvalue weighted by Crippen LogP contribution is 2.48. The molecule has 0 spiro atoms. The Morgan fingerprint density at radius 3 is 2.46 bits per heavy atom. The van der Waals surface area contributed by atoms with Crippen molar-refractivity contribution in [2.24, 2.45) is 16.3 Å². The van der Waals surface area contributed by atoms with Gasteiger partial charge in [0, 0.05) is 38.2 Å². The zero-order valence-electron chi connectivity index (χ0n) is 17.4. The van der Waals surface area contributed by atoms with E-state index in [2.05, 4.69) is 29.5 Å². The van der Waals surface area contributed by atoms with Crippen molar-refractivity contribution in [3.8, 4) is 0 Å². The van der Waals surface area contributed by atoms with Gasteiger partial charge in [-0.1, -0.05) is 13.8 Å². The van der Waals surface area contributed by atoms with Gasteiger partial charge in [-0.15, -0.1) is 24.0 Å². The fraction of sp³-hybridized carbons (Fsp3) is 0.947. The van der Waals surface area contributed by atoms with Crippen LogP contribution in [0.4, 0.5) is 13.2 Å². The molecule has 5 nitrogen and oxygen atoms in total. The Morgan fingerprint density at radius 2 is 1.93 bits per heavy atom. The van der Waals surface area contributed by atoms with Gasteiger partial charge in [0.1, 0.15) is 0 Å². The molecule has 3 atom stereocenters. The molecule has 0 amide bonds. The quantitative estimate of drug-likeness (QED) is 0.292. The minimum Gasteiger partial charge on any atom is -0.378 e. The summed E-state index contributed by atoms with van der Waals surface area (Å²) < 4.78 is 43.5. The summed E-state index contributed by atoms with van der Waals surface area (Å²) in [4.78, 5) is 5.80. The lowest BCUT2D eigenvalue weighted by atomic mass is 9.58. The Labute approximate surface area is 184 Å². The fourth-order valence-electron chi connectivity index (χ4n) is 4.66. The zero-order valence-corrected chi connectivity index (χ0v) is 19.8. The number of hydrogen-bond donors (Lipinski definition) is 2. The van der Waals surface area contributed by atoms with Crippen LogP contribution in [-0.2, 0) is 4.74 Å². The highest BCUT2D eigenvalue weighted by atomic mass is 127. The molecule has 1 aliphatic carbocycles. The maximum atomic E-state index is 12.5. The molecule has 0 bridgehead atoms. The van der Waals surface area contributed by atoms with Gasteiger partial charge < -0.3 is 15.4 Å². The molecular weight excluding hydrogens is 484 g/mol. The van der Waals surface area contributed by atoms with Crippen LogP contribution in [0.15, 0.2) is 4.99 Å². The van der Waals surface area contributed by atoms with Gasteiger partial charge in [0.15, 0.2) is 5.96 Å². The first kappa shape index (κ1) is 25.7. The van der Waals surface area contributed by atoms with Crippen molar-refractivity contribution in [1.29, 1.82) is 0 Å². The van der Waals surface area contributed by atoms with Crippen LogP contribution in [0.1, 0.15) is 46.5 Å². The van der Waals surface area contributed by atoms with Crippen LogP contribution in [0, 0.1) is 11.3 Å². The molecule has 1 saturated carbocycles. The second-order valence-electron chi connectivity index (χ2n) is 7.77. The van der Waals surface area contributed by atoms with Gasteiger partial charge in [-0.3, -0.25) is 9.89 Å². The Balaban J connectivity index is 0.00000392. The smallest absolute Gasteiger partial charge is 0.378 e. The van der Waals surface area contributed by atoms with E-state index in [9.17, 15) is 13.2 Å². The van der Waals surface area contributed by atoms with Crippen LogP contribution in [0.2, 0.25) is 0 Å². The molecule has 1 aliphatic heterocycles. The second-order valence-corrected chi connectivity index (χ2v) is 7.77. The molecule has 9 heteroatoms. The van der Waals surface area contributed by atoms with E-state index in [0.717, 1.165) is 38.2 Å². The summed E-state index contributed by atoms with van der Waals surface area (Å²) in [5.41, 5.74) is 0.116. The topological polar surface area (TPSA) is 48.9 Å². The number of nitrogens with zero attached hydrogens (tertiary/aromatic N) is 2. The molecule has 0 radical (unpaired) electrons. The summed E-state index contributed by atoms with van der Waals surface area (Å²) in [6, 6.07) is 0.306. The van der Waals surface area contributed by atoms with E-state index in [1.165, 1.54) is 4.90 Å². The molecule has 28 heavy (non-hydrogen) atoms. The SMILES string of the molecule is CCOC1CC(NC(=NC)NCC2CCN(CC(F)(F)F)C2)C1(CC)CC.I. The maximum absolute atomic E-state index is 12.5. The number of halogens is 4. The molecule has 2 N–H and O–H groups in total. The van der Waals surface area contributed by atoms with Crippen molar-refractivity contribution >= 4 is 29.9 Å². The summed E-state index contributed by atoms with van der Waals surface area (Å²) in [5, 5.41) is 6.84. The molecular formula is C19H36F3IN4O.